The van der Waals surface area contributed by atoms with E-state index in [1.165, 1.54) is 11.3 Å². The minimum atomic E-state index is 0.699. The number of hydrogen-bond donors (Lipinski definition) is 1. The van der Waals surface area contributed by atoms with E-state index in [4.69, 9.17) is 9.68 Å². The standard InChI is InChI=1S/C8H6BO2S/c10-9-11-8-5-6-3-1-2-4-7(6)12-8/h1-5,10H. The summed E-state index contributed by atoms with van der Waals surface area (Å²) in [6, 6.07) is 9.87. The summed E-state index contributed by atoms with van der Waals surface area (Å²) in [6.45, 7) is 0. The topological polar surface area (TPSA) is 29.5 Å². The van der Waals surface area contributed by atoms with Crippen molar-refractivity contribution in [2.75, 3.05) is 0 Å². The molecule has 1 aromatic heterocycles. The van der Waals surface area contributed by atoms with Gasteiger partial charge in [-0.1, -0.05) is 18.2 Å². The molecule has 1 aromatic carbocycles. The highest BCUT2D eigenvalue weighted by molar-refractivity contribution is 7.20. The molecule has 59 valence electrons. The van der Waals surface area contributed by atoms with Crippen LogP contribution in [0.25, 0.3) is 10.1 Å². The molecule has 0 spiro atoms. The Hall–Kier alpha value is -0.995. The molecule has 1 radical (unpaired) electrons. The van der Waals surface area contributed by atoms with Crippen molar-refractivity contribution in [1.29, 1.82) is 0 Å². The van der Waals surface area contributed by atoms with E-state index in [0.717, 1.165) is 10.1 Å². The zero-order valence-corrected chi connectivity index (χ0v) is 7.04. The summed E-state index contributed by atoms with van der Waals surface area (Å²) in [5.41, 5.74) is 0. The average molecular weight is 177 g/mol. The van der Waals surface area contributed by atoms with Crippen LogP contribution in [-0.2, 0) is 0 Å². The highest BCUT2D eigenvalue weighted by Gasteiger charge is 2.00. The number of fused-ring (bicyclic) bond motifs is 1. The average Bonchev–Trinajstić information content (AvgIpc) is 2.47. The maximum atomic E-state index is 8.40. The Kier molecular flexibility index (Phi) is 2.02. The normalized spacial score (nSPS) is 10.1. The van der Waals surface area contributed by atoms with E-state index in [1.807, 2.05) is 30.3 Å². The molecule has 0 unspecified atom stereocenters. The van der Waals surface area contributed by atoms with Crippen molar-refractivity contribution in [2.45, 2.75) is 0 Å². The van der Waals surface area contributed by atoms with Gasteiger partial charge in [0.1, 0.15) is 0 Å². The van der Waals surface area contributed by atoms with E-state index < -0.39 is 0 Å². The second kappa shape index (κ2) is 3.17. The van der Waals surface area contributed by atoms with Gasteiger partial charge in [0.15, 0.2) is 5.06 Å². The second-order valence-corrected chi connectivity index (χ2v) is 3.37. The van der Waals surface area contributed by atoms with Crippen molar-refractivity contribution in [3.05, 3.63) is 30.3 Å². The number of rotatable bonds is 2. The van der Waals surface area contributed by atoms with Gasteiger partial charge in [0.05, 0.1) is 0 Å². The van der Waals surface area contributed by atoms with Gasteiger partial charge in [0.25, 0.3) is 0 Å². The van der Waals surface area contributed by atoms with Crippen molar-refractivity contribution in [1.82, 2.24) is 0 Å². The molecule has 2 aromatic rings. The van der Waals surface area contributed by atoms with E-state index in [9.17, 15) is 0 Å². The first-order chi connectivity index (χ1) is 5.90. The molecule has 0 saturated carbocycles. The molecule has 0 aliphatic carbocycles. The molecule has 0 aliphatic rings. The third-order valence-corrected chi connectivity index (χ3v) is 2.58. The zero-order chi connectivity index (χ0) is 8.39. The fraction of sp³-hybridized carbons (Fsp3) is 0. The summed E-state index contributed by atoms with van der Waals surface area (Å²) in [7, 11) is 0.699. The van der Waals surface area contributed by atoms with Crippen LogP contribution in [0.1, 0.15) is 0 Å². The van der Waals surface area contributed by atoms with E-state index in [1.54, 1.807) is 0 Å². The van der Waals surface area contributed by atoms with Crippen molar-refractivity contribution >= 4 is 29.1 Å². The zero-order valence-electron chi connectivity index (χ0n) is 6.23. The first kappa shape index (κ1) is 7.64. The maximum Gasteiger partial charge on any atom is 0.569 e. The van der Waals surface area contributed by atoms with Crippen LogP contribution in [-0.4, -0.2) is 12.7 Å². The molecule has 1 N–H and O–H groups in total. The molecule has 0 amide bonds. The fourth-order valence-corrected chi connectivity index (χ4v) is 1.95. The molecule has 12 heavy (non-hydrogen) atoms. The number of hydrogen-bond acceptors (Lipinski definition) is 3. The Balaban J connectivity index is 2.47. The lowest BCUT2D eigenvalue weighted by Gasteiger charge is -1.91. The van der Waals surface area contributed by atoms with Crippen LogP contribution in [0.15, 0.2) is 30.3 Å². The highest BCUT2D eigenvalue weighted by Crippen LogP contribution is 2.30. The van der Waals surface area contributed by atoms with E-state index >= 15 is 0 Å². The summed E-state index contributed by atoms with van der Waals surface area (Å²) in [5, 5.41) is 10.2. The molecule has 2 nitrogen and oxygen atoms in total. The van der Waals surface area contributed by atoms with Crippen molar-refractivity contribution in [2.24, 2.45) is 0 Å². The SMILES string of the molecule is O[B]Oc1cc2ccccc2s1. The molecular formula is C8H6BO2S. The molecule has 0 aliphatic heterocycles. The van der Waals surface area contributed by atoms with Crippen LogP contribution >= 0.6 is 11.3 Å². The molecule has 2 rings (SSSR count). The number of benzene rings is 1. The Morgan fingerprint density at radius 1 is 1.33 bits per heavy atom. The summed E-state index contributed by atoms with van der Waals surface area (Å²) in [4.78, 5) is 0. The largest absolute Gasteiger partial charge is 0.569 e. The van der Waals surface area contributed by atoms with Crippen molar-refractivity contribution in [3.8, 4) is 5.06 Å². The molecular weight excluding hydrogens is 171 g/mol. The van der Waals surface area contributed by atoms with Crippen LogP contribution in [0.4, 0.5) is 0 Å². The predicted octanol–water partition coefficient (Wildman–Crippen LogP) is 1.81. The maximum absolute atomic E-state index is 8.40. The van der Waals surface area contributed by atoms with Crippen LogP contribution < -0.4 is 4.65 Å². The molecule has 0 bridgehead atoms. The van der Waals surface area contributed by atoms with Gasteiger partial charge in [-0.05, 0) is 17.5 Å². The second-order valence-electron chi connectivity index (χ2n) is 2.33. The summed E-state index contributed by atoms with van der Waals surface area (Å²) < 4.78 is 6.00. The smallest absolute Gasteiger partial charge is 0.530 e. The summed E-state index contributed by atoms with van der Waals surface area (Å²) >= 11 is 1.51. The molecule has 0 fully saturated rings. The van der Waals surface area contributed by atoms with E-state index in [0.29, 0.717) is 12.7 Å². The first-order valence-electron chi connectivity index (χ1n) is 3.51. The third kappa shape index (κ3) is 1.31. The van der Waals surface area contributed by atoms with Crippen molar-refractivity contribution in [3.63, 3.8) is 0 Å². The Morgan fingerprint density at radius 2 is 2.17 bits per heavy atom. The first-order valence-corrected chi connectivity index (χ1v) is 4.33. The third-order valence-electron chi connectivity index (χ3n) is 1.57. The summed E-state index contributed by atoms with van der Waals surface area (Å²) in [6.07, 6.45) is 0. The van der Waals surface area contributed by atoms with Gasteiger partial charge in [-0.3, -0.25) is 0 Å². The lowest BCUT2D eigenvalue weighted by atomic mass is 10.3. The predicted molar refractivity (Wildman–Crippen MR) is 50.4 cm³/mol. The van der Waals surface area contributed by atoms with Crippen LogP contribution in [0.3, 0.4) is 0 Å². The fourth-order valence-electron chi connectivity index (χ4n) is 1.07. The van der Waals surface area contributed by atoms with E-state index in [2.05, 4.69) is 0 Å². The van der Waals surface area contributed by atoms with E-state index in [-0.39, 0.29) is 0 Å². The minimum Gasteiger partial charge on any atom is -0.530 e. The van der Waals surface area contributed by atoms with Crippen molar-refractivity contribution < 1.29 is 9.68 Å². The molecule has 4 heteroatoms. The highest BCUT2D eigenvalue weighted by atomic mass is 32.1. The van der Waals surface area contributed by atoms with Crippen LogP contribution in [0, 0.1) is 0 Å². The van der Waals surface area contributed by atoms with Gasteiger partial charge < -0.3 is 9.68 Å². The van der Waals surface area contributed by atoms with Gasteiger partial charge in [-0.2, -0.15) is 0 Å². The lowest BCUT2D eigenvalue weighted by Crippen LogP contribution is -1.97. The Bertz CT molecular complexity index is 352. The van der Waals surface area contributed by atoms with Gasteiger partial charge in [-0.25, -0.2) is 0 Å². The Labute approximate surface area is 74.7 Å². The lowest BCUT2D eigenvalue weighted by molar-refractivity contribution is 0.461. The van der Waals surface area contributed by atoms with Gasteiger partial charge in [-0.15, -0.1) is 11.3 Å². The van der Waals surface area contributed by atoms with Gasteiger partial charge in [0.2, 0.25) is 0 Å². The number of thiophene rings is 1. The molecule has 0 atom stereocenters. The van der Waals surface area contributed by atoms with Crippen LogP contribution in [0.2, 0.25) is 0 Å². The quantitative estimate of drug-likeness (QED) is 0.708. The monoisotopic (exact) mass is 177 g/mol. The molecule has 1 heterocycles. The van der Waals surface area contributed by atoms with Gasteiger partial charge in [0, 0.05) is 4.70 Å². The Morgan fingerprint density at radius 3 is 2.92 bits per heavy atom. The van der Waals surface area contributed by atoms with Gasteiger partial charge >= 0.3 is 7.69 Å². The summed E-state index contributed by atoms with van der Waals surface area (Å²) in [5.74, 6) is 0. The minimum absolute atomic E-state index is 0.699. The molecule has 0 saturated heterocycles. The van der Waals surface area contributed by atoms with Crippen LogP contribution in [0.5, 0.6) is 5.06 Å².